The number of nitriles is 1. The second-order valence-electron chi connectivity index (χ2n) is 4.36. The third-order valence-electron chi connectivity index (χ3n) is 3.10. The fourth-order valence-electron chi connectivity index (χ4n) is 2.11. The van der Waals surface area contributed by atoms with Crippen LogP contribution in [-0.2, 0) is 0 Å². The van der Waals surface area contributed by atoms with E-state index in [1.807, 2.05) is 54.6 Å². The van der Waals surface area contributed by atoms with Crippen molar-refractivity contribution in [2.45, 2.75) is 0 Å². The maximum Gasteiger partial charge on any atom is 0.135 e. The molecule has 0 aliphatic rings. The van der Waals surface area contributed by atoms with Crippen molar-refractivity contribution in [3.05, 3.63) is 71.4 Å². The zero-order chi connectivity index (χ0) is 13.9. The molecule has 2 aromatic carbocycles. The van der Waals surface area contributed by atoms with Crippen LogP contribution in [0.5, 0.6) is 0 Å². The van der Waals surface area contributed by atoms with Gasteiger partial charge in [0.05, 0.1) is 17.9 Å². The predicted molar refractivity (Wildman–Crippen MR) is 79.3 cm³/mol. The lowest BCUT2D eigenvalue weighted by atomic mass is 9.98. The highest BCUT2D eigenvalue weighted by Crippen LogP contribution is 2.29. The molecule has 3 rings (SSSR count). The largest absolute Gasteiger partial charge is 0.464 e. The summed E-state index contributed by atoms with van der Waals surface area (Å²) in [5, 5.41) is 10.0. The standard InChI is InChI=1S/C17H10ClNO/c18-15-6-3-12(4-7-15)13-5-8-16(14(10-13)11-19)17-2-1-9-20-17/h1-10H. The highest BCUT2D eigenvalue weighted by molar-refractivity contribution is 6.30. The van der Waals surface area contributed by atoms with Crippen molar-refractivity contribution >= 4 is 11.6 Å². The van der Waals surface area contributed by atoms with Crippen LogP contribution in [0.15, 0.2) is 65.3 Å². The van der Waals surface area contributed by atoms with E-state index in [4.69, 9.17) is 16.0 Å². The fraction of sp³-hybridized carbons (Fsp3) is 0. The van der Waals surface area contributed by atoms with Crippen LogP contribution < -0.4 is 0 Å². The Hall–Kier alpha value is -2.50. The Bertz CT molecular complexity index is 768. The first-order valence-corrected chi connectivity index (χ1v) is 6.50. The minimum atomic E-state index is 0.590. The van der Waals surface area contributed by atoms with Crippen molar-refractivity contribution in [2.75, 3.05) is 0 Å². The van der Waals surface area contributed by atoms with E-state index >= 15 is 0 Å². The van der Waals surface area contributed by atoms with E-state index in [0.29, 0.717) is 16.3 Å². The molecule has 3 aromatic rings. The van der Waals surface area contributed by atoms with Gasteiger partial charge in [0.25, 0.3) is 0 Å². The predicted octanol–water partition coefficient (Wildman–Crippen LogP) is 5.14. The number of furan rings is 1. The lowest BCUT2D eigenvalue weighted by molar-refractivity contribution is 0.582. The Morgan fingerprint density at radius 3 is 2.35 bits per heavy atom. The van der Waals surface area contributed by atoms with E-state index in [1.165, 1.54) is 0 Å². The summed E-state index contributed by atoms with van der Waals surface area (Å²) in [5.74, 6) is 0.698. The van der Waals surface area contributed by atoms with Crippen molar-refractivity contribution in [2.24, 2.45) is 0 Å². The molecule has 0 amide bonds. The smallest absolute Gasteiger partial charge is 0.135 e. The van der Waals surface area contributed by atoms with E-state index < -0.39 is 0 Å². The van der Waals surface area contributed by atoms with Gasteiger partial charge >= 0.3 is 0 Å². The number of benzene rings is 2. The highest BCUT2D eigenvalue weighted by Gasteiger charge is 2.09. The average Bonchev–Trinajstić information content (AvgIpc) is 3.01. The molecule has 0 atom stereocenters. The first-order valence-electron chi connectivity index (χ1n) is 6.12. The van der Waals surface area contributed by atoms with Crippen LogP contribution in [0.3, 0.4) is 0 Å². The molecule has 0 saturated heterocycles. The van der Waals surface area contributed by atoms with Gasteiger partial charge in [0.1, 0.15) is 5.76 Å². The van der Waals surface area contributed by atoms with Crippen LogP contribution >= 0.6 is 11.6 Å². The first-order chi connectivity index (χ1) is 9.78. The molecule has 0 N–H and O–H groups in total. The Balaban J connectivity index is 2.08. The molecule has 0 radical (unpaired) electrons. The molecule has 0 saturated carbocycles. The SMILES string of the molecule is N#Cc1cc(-c2ccc(Cl)cc2)ccc1-c1ccco1. The van der Waals surface area contributed by atoms with Crippen molar-refractivity contribution in [1.29, 1.82) is 5.26 Å². The molecular formula is C17H10ClNO. The molecular weight excluding hydrogens is 270 g/mol. The van der Waals surface area contributed by atoms with Gasteiger partial charge in [0.2, 0.25) is 0 Å². The third kappa shape index (κ3) is 2.32. The summed E-state index contributed by atoms with van der Waals surface area (Å²) in [6, 6.07) is 19.2. The molecule has 20 heavy (non-hydrogen) atoms. The molecule has 0 spiro atoms. The Morgan fingerprint density at radius 1 is 0.950 bits per heavy atom. The summed E-state index contributed by atoms with van der Waals surface area (Å²) < 4.78 is 5.35. The van der Waals surface area contributed by atoms with Crippen LogP contribution in [0.25, 0.3) is 22.5 Å². The summed E-state index contributed by atoms with van der Waals surface area (Å²) >= 11 is 5.89. The van der Waals surface area contributed by atoms with Gasteiger partial charge in [0, 0.05) is 10.6 Å². The van der Waals surface area contributed by atoms with E-state index in [-0.39, 0.29) is 0 Å². The zero-order valence-electron chi connectivity index (χ0n) is 10.5. The lowest BCUT2D eigenvalue weighted by Gasteiger charge is -2.06. The van der Waals surface area contributed by atoms with Crippen LogP contribution in [-0.4, -0.2) is 0 Å². The quantitative estimate of drug-likeness (QED) is 0.651. The minimum Gasteiger partial charge on any atom is -0.464 e. The van der Waals surface area contributed by atoms with Gasteiger partial charge in [-0.15, -0.1) is 0 Å². The first kappa shape index (κ1) is 12.5. The van der Waals surface area contributed by atoms with Crippen LogP contribution in [0.4, 0.5) is 0 Å². The number of halogens is 1. The maximum atomic E-state index is 9.32. The Morgan fingerprint density at radius 2 is 1.70 bits per heavy atom. The second-order valence-corrected chi connectivity index (χ2v) is 4.79. The van der Waals surface area contributed by atoms with Gasteiger partial charge < -0.3 is 4.42 Å². The fourth-order valence-corrected chi connectivity index (χ4v) is 2.23. The summed E-state index contributed by atoms with van der Waals surface area (Å²) in [4.78, 5) is 0. The molecule has 0 unspecified atom stereocenters. The topological polar surface area (TPSA) is 36.9 Å². The number of hydrogen-bond acceptors (Lipinski definition) is 2. The zero-order valence-corrected chi connectivity index (χ0v) is 11.3. The van der Waals surface area contributed by atoms with E-state index in [0.717, 1.165) is 16.7 Å². The van der Waals surface area contributed by atoms with Crippen LogP contribution in [0.2, 0.25) is 5.02 Å². The molecule has 3 heteroatoms. The average molecular weight is 280 g/mol. The summed E-state index contributed by atoms with van der Waals surface area (Å²) in [7, 11) is 0. The van der Waals surface area contributed by atoms with Crippen LogP contribution in [0, 0.1) is 11.3 Å². The number of rotatable bonds is 2. The van der Waals surface area contributed by atoms with Gasteiger partial charge in [-0.05, 0) is 47.5 Å². The summed E-state index contributed by atoms with van der Waals surface area (Å²) in [6.07, 6.45) is 1.60. The van der Waals surface area contributed by atoms with Gasteiger partial charge in [-0.25, -0.2) is 0 Å². The Kier molecular flexibility index (Phi) is 3.28. The normalized spacial score (nSPS) is 10.2. The molecule has 1 heterocycles. The second kappa shape index (κ2) is 5.24. The number of nitrogens with zero attached hydrogens (tertiary/aromatic N) is 1. The van der Waals surface area contributed by atoms with E-state index in [9.17, 15) is 5.26 Å². The maximum absolute atomic E-state index is 9.32. The van der Waals surface area contributed by atoms with Crippen LogP contribution in [0.1, 0.15) is 5.56 Å². The summed E-state index contributed by atoms with van der Waals surface area (Å²) in [5.41, 5.74) is 3.40. The number of hydrogen-bond donors (Lipinski definition) is 0. The van der Waals surface area contributed by atoms with Gasteiger partial charge in [0.15, 0.2) is 0 Å². The summed E-state index contributed by atoms with van der Waals surface area (Å²) in [6.45, 7) is 0. The van der Waals surface area contributed by atoms with Gasteiger partial charge in [-0.2, -0.15) is 5.26 Å². The molecule has 0 bridgehead atoms. The lowest BCUT2D eigenvalue weighted by Crippen LogP contribution is -1.85. The molecule has 0 fully saturated rings. The minimum absolute atomic E-state index is 0.590. The van der Waals surface area contributed by atoms with Gasteiger partial charge in [-0.3, -0.25) is 0 Å². The van der Waals surface area contributed by atoms with E-state index in [1.54, 1.807) is 6.26 Å². The van der Waals surface area contributed by atoms with E-state index in [2.05, 4.69) is 6.07 Å². The molecule has 2 nitrogen and oxygen atoms in total. The third-order valence-corrected chi connectivity index (χ3v) is 3.36. The van der Waals surface area contributed by atoms with Crippen molar-refractivity contribution in [1.82, 2.24) is 0 Å². The Labute approximate surface area is 121 Å². The molecule has 0 aliphatic heterocycles. The van der Waals surface area contributed by atoms with Gasteiger partial charge in [-0.1, -0.05) is 29.8 Å². The van der Waals surface area contributed by atoms with Crippen molar-refractivity contribution < 1.29 is 4.42 Å². The van der Waals surface area contributed by atoms with Crippen molar-refractivity contribution in [3.63, 3.8) is 0 Å². The van der Waals surface area contributed by atoms with Crippen molar-refractivity contribution in [3.8, 4) is 28.5 Å². The molecule has 0 aliphatic carbocycles. The monoisotopic (exact) mass is 279 g/mol. The molecule has 1 aromatic heterocycles. The molecule has 96 valence electrons. The highest BCUT2D eigenvalue weighted by atomic mass is 35.5.